The second kappa shape index (κ2) is 5.97. The quantitative estimate of drug-likeness (QED) is 0.615. The van der Waals surface area contributed by atoms with Gasteiger partial charge in [0, 0.05) is 12.1 Å². The Balaban J connectivity index is 0.00000121. The van der Waals surface area contributed by atoms with E-state index < -0.39 is 5.97 Å². The minimum atomic E-state index is -0.718. The molecular formula is C8H16NNaO2. The van der Waals surface area contributed by atoms with Gasteiger partial charge in [-0.2, -0.15) is 0 Å². The monoisotopic (exact) mass is 181 g/mol. The molecular weight excluding hydrogens is 165 g/mol. The molecule has 0 aromatic carbocycles. The van der Waals surface area contributed by atoms with Crippen LogP contribution in [0.3, 0.4) is 0 Å². The topological polar surface area (TPSA) is 49.3 Å². The summed E-state index contributed by atoms with van der Waals surface area (Å²) in [5.41, 5.74) is 0. The Bertz CT molecular complexity index is 148. The molecule has 4 heteroatoms. The van der Waals surface area contributed by atoms with Crippen molar-refractivity contribution in [3.63, 3.8) is 0 Å². The van der Waals surface area contributed by atoms with Crippen molar-refractivity contribution in [3.8, 4) is 0 Å². The average molecular weight is 181 g/mol. The third-order valence-corrected chi connectivity index (χ3v) is 2.11. The molecule has 3 nitrogen and oxygen atoms in total. The summed E-state index contributed by atoms with van der Waals surface area (Å²) in [5, 5.41) is 11.7. The summed E-state index contributed by atoms with van der Waals surface area (Å²) in [6.07, 6.45) is 3.95. The normalized spacial score (nSPS) is 19.1. The van der Waals surface area contributed by atoms with Gasteiger partial charge in [-0.3, -0.25) is 4.79 Å². The number of rotatable bonds is 4. The summed E-state index contributed by atoms with van der Waals surface area (Å²) in [5.74, 6) is -0.718. The van der Waals surface area contributed by atoms with Crippen LogP contribution in [0.2, 0.25) is 0 Å². The summed E-state index contributed by atoms with van der Waals surface area (Å²) in [7, 11) is 0. The number of hydrogen-bond donors (Lipinski definition) is 2. The van der Waals surface area contributed by atoms with E-state index in [0.29, 0.717) is 6.04 Å². The number of carbonyl (C=O) groups is 1. The fourth-order valence-corrected chi connectivity index (χ4v) is 1.30. The summed E-state index contributed by atoms with van der Waals surface area (Å²) in [6.45, 7) is 1.92. The van der Waals surface area contributed by atoms with E-state index in [0.717, 1.165) is 0 Å². The zero-order chi connectivity index (χ0) is 8.27. The Morgan fingerprint density at radius 1 is 1.67 bits per heavy atom. The van der Waals surface area contributed by atoms with E-state index in [4.69, 9.17) is 5.11 Å². The van der Waals surface area contributed by atoms with Crippen LogP contribution in [0.25, 0.3) is 0 Å². The van der Waals surface area contributed by atoms with E-state index >= 15 is 0 Å². The van der Waals surface area contributed by atoms with Gasteiger partial charge in [-0.25, -0.2) is 0 Å². The molecule has 2 N–H and O–H groups in total. The maximum atomic E-state index is 10.3. The molecule has 66 valence electrons. The van der Waals surface area contributed by atoms with Crippen LogP contribution in [0.15, 0.2) is 0 Å². The SMILES string of the molecule is CC(CC(=O)O)NC1CCC1.[NaH]. The van der Waals surface area contributed by atoms with Crippen LogP contribution in [-0.2, 0) is 4.79 Å². The molecule has 0 bridgehead atoms. The molecule has 12 heavy (non-hydrogen) atoms. The Hall–Kier alpha value is 0.430. The average Bonchev–Trinajstić information content (AvgIpc) is 1.77. The Morgan fingerprint density at radius 3 is 2.58 bits per heavy atom. The van der Waals surface area contributed by atoms with Gasteiger partial charge in [-0.1, -0.05) is 6.42 Å². The Kier molecular flexibility index (Phi) is 6.19. The predicted octanol–water partition coefficient (Wildman–Crippen LogP) is 0.343. The van der Waals surface area contributed by atoms with Crippen molar-refractivity contribution in [3.05, 3.63) is 0 Å². The van der Waals surface area contributed by atoms with Gasteiger partial charge in [0.05, 0.1) is 6.42 Å². The zero-order valence-electron chi connectivity index (χ0n) is 6.84. The van der Waals surface area contributed by atoms with Crippen molar-refractivity contribution in [2.45, 2.75) is 44.7 Å². The standard InChI is InChI=1S/C8H15NO2.Na.H/c1-6(5-8(10)11)9-7-3-2-4-7;;/h6-7,9H,2-5H2,1H3,(H,10,11);;. The van der Waals surface area contributed by atoms with Crippen LogP contribution < -0.4 is 5.32 Å². The van der Waals surface area contributed by atoms with Crippen molar-refractivity contribution in [1.29, 1.82) is 0 Å². The molecule has 0 spiro atoms. The van der Waals surface area contributed by atoms with Gasteiger partial charge < -0.3 is 10.4 Å². The van der Waals surface area contributed by atoms with Gasteiger partial charge in [0.2, 0.25) is 0 Å². The molecule has 1 saturated carbocycles. The van der Waals surface area contributed by atoms with Gasteiger partial charge >= 0.3 is 35.5 Å². The molecule has 0 aliphatic heterocycles. The number of nitrogens with one attached hydrogen (secondary N) is 1. The fraction of sp³-hybridized carbons (Fsp3) is 0.875. The molecule has 0 amide bonds. The van der Waals surface area contributed by atoms with E-state index in [1.54, 1.807) is 0 Å². The van der Waals surface area contributed by atoms with Gasteiger partial charge in [0.25, 0.3) is 0 Å². The number of carboxylic acid groups (broad SMARTS) is 1. The Morgan fingerprint density at radius 2 is 2.25 bits per heavy atom. The summed E-state index contributed by atoms with van der Waals surface area (Å²) in [4.78, 5) is 10.3. The van der Waals surface area contributed by atoms with Crippen LogP contribution in [-0.4, -0.2) is 52.7 Å². The molecule has 1 atom stereocenters. The third-order valence-electron chi connectivity index (χ3n) is 2.11. The van der Waals surface area contributed by atoms with Crippen molar-refractivity contribution < 1.29 is 9.90 Å². The van der Waals surface area contributed by atoms with Crippen molar-refractivity contribution in [2.75, 3.05) is 0 Å². The van der Waals surface area contributed by atoms with E-state index in [1.165, 1.54) is 19.3 Å². The molecule has 1 aliphatic carbocycles. The second-order valence-corrected chi connectivity index (χ2v) is 3.29. The summed E-state index contributed by atoms with van der Waals surface area (Å²) < 4.78 is 0. The fourth-order valence-electron chi connectivity index (χ4n) is 1.30. The van der Waals surface area contributed by atoms with E-state index in [9.17, 15) is 4.79 Å². The number of carboxylic acids is 1. The molecule has 1 aliphatic rings. The molecule has 0 saturated heterocycles. The molecule has 0 heterocycles. The summed E-state index contributed by atoms with van der Waals surface area (Å²) >= 11 is 0. The van der Waals surface area contributed by atoms with Crippen molar-refractivity contribution in [2.24, 2.45) is 0 Å². The Labute approximate surface area is 95.2 Å². The molecule has 0 radical (unpaired) electrons. The molecule has 0 aromatic heterocycles. The van der Waals surface area contributed by atoms with Gasteiger partial charge in [-0.05, 0) is 19.8 Å². The maximum absolute atomic E-state index is 10.3. The van der Waals surface area contributed by atoms with Crippen molar-refractivity contribution >= 4 is 35.5 Å². The van der Waals surface area contributed by atoms with Crippen LogP contribution in [0.1, 0.15) is 32.6 Å². The first-order chi connectivity index (χ1) is 5.18. The first kappa shape index (κ1) is 12.4. The van der Waals surface area contributed by atoms with Gasteiger partial charge in [0.15, 0.2) is 0 Å². The first-order valence-corrected chi connectivity index (χ1v) is 4.16. The van der Waals surface area contributed by atoms with Gasteiger partial charge in [-0.15, -0.1) is 0 Å². The van der Waals surface area contributed by atoms with E-state index in [2.05, 4.69) is 5.32 Å². The van der Waals surface area contributed by atoms with Crippen molar-refractivity contribution in [1.82, 2.24) is 5.32 Å². The first-order valence-electron chi connectivity index (χ1n) is 4.16. The molecule has 1 unspecified atom stereocenters. The summed E-state index contributed by atoms with van der Waals surface area (Å²) in [6, 6.07) is 0.710. The predicted molar refractivity (Wildman–Crippen MR) is 49.6 cm³/mol. The second-order valence-electron chi connectivity index (χ2n) is 3.29. The van der Waals surface area contributed by atoms with E-state index in [-0.39, 0.29) is 42.0 Å². The molecule has 1 fully saturated rings. The minimum absolute atomic E-state index is 0. The third kappa shape index (κ3) is 4.45. The van der Waals surface area contributed by atoms with Gasteiger partial charge in [0.1, 0.15) is 0 Å². The molecule has 0 aromatic rings. The van der Waals surface area contributed by atoms with Crippen LogP contribution in [0, 0.1) is 0 Å². The molecule has 1 rings (SSSR count). The zero-order valence-corrected chi connectivity index (χ0v) is 6.84. The van der Waals surface area contributed by atoms with Crippen LogP contribution in [0.5, 0.6) is 0 Å². The number of hydrogen-bond acceptors (Lipinski definition) is 2. The number of aliphatic carboxylic acids is 1. The van der Waals surface area contributed by atoms with E-state index in [1.807, 2.05) is 6.92 Å². The van der Waals surface area contributed by atoms with Crippen LogP contribution in [0.4, 0.5) is 0 Å². The van der Waals surface area contributed by atoms with Crippen LogP contribution >= 0.6 is 0 Å².